The van der Waals surface area contributed by atoms with Gasteiger partial charge in [-0.2, -0.15) is 0 Å². The topological polar surface area (TPSA) is 81.1 Å². The van der Waals surface area contributed by atoms with E-state index in [1.807, 2.05) is 55.5 Å². The predicted molar refractivity (Wildman–Crippen MR) is 134 cm³/mol. The lowest BCUT2D eigenvalue weighted by Gasteiger charge is -2.15. The zero-order valence-corrected chi connectivity index (χ0v) is 20.0. The summed E-state index contributed by atoms with van der Waals surface area (Å²) in [6, 6.07) is 18.6. The molecule has 1 N–H and O–H groups in total. The average Bonchev–Trinajstić information content (AvgIpc) is 3.31. The molecule has 4 aromatic rings. The summed E-state index contributed by atoms with van der Waals surface area (Å²) in [6.07, 6.45) is 0.769. The molecule has 0 saturated carbocycles. The van der Waals surface area contributed by atoms with Gasteiger partial charge in [-0.05, 0) is 42.3 Å². The highest BCUT2D eigenvalue weighted by Crippen LogP contribution is 2.26. The number of fused-ring (bicyclic) bond motifs is 1. The van der Waals surface area contributed by atoms with Gasteiger partial charge in [0.25, 0.3) is 5.56 Å². The summed E-state index contributed by atoms with van der Waals surface area (Å²) in [5.41, 5.74) is 2.28. The van der Waals surface area contributed by atoms with Gasteiger partial charge in [0.15, 0.2) is 10.9 Å². The van der Waals surface area contributed by atoms with Crippen molar-refractivity contribution in [3.8, 4) is 5.69 Å². The van der Waals surface area contributed by atoms with Crippen LogP contribution in [0.3, 0.4) is 0 Å². The average molecular weight is 478 g/mol. The standard InChI is InChI=1S/C25H23N3O3S2/c1-3-17-8-4-7-11-21(17)28-24(31)19-9-5-6-10-20(19)27-25(28)32-15-22(30)23-13-12-18(33-23)14-26-16(2)29/h4-13H,3,14-15H2,1-2H3,(H,26,29). The molecule has 0 aliphatic rings. The number of thiophene rings is 1. The number of Topliss-reactive ketones (excluding diaryl/α,β-unsaturated/α-hetero) is 1. The number of nitrogens with zero attached hydrogens (tertiary/aromatic N) is 2. The van der Waals surface area contributed by atoms with Crippen molar-refractivity contribution in [3.05, 3.63) is 86.3 Å². The molecule has 0 aliphatic heterocycles. The lowest BCUT2D eigenvalue weighted by Crippen LogP contribution is -2.23. The molecular weight excluding hydrogens is 454 g/mol. The molecule has 33 heavy (non-hydrogen) atoms. The molecule has 0 aliphatic carbocycles. The molecule has 168 valence electrons. The van der Waals surface area contributed by atoms with Crippen LogP contribution in [0.2, 0.25) is 0 Å². The number of hydrogen-bond acceptors (Lipinski definition) is 6. The molecule has 6 nitrogen and oxygen atoms in total. The van der Waals surface area contributed by atoms with Crippen molar-refractivity contribution in [2.75, 3.05) is 5.75 Å². The molecule has 2 aromatic heterocycles. The van der Waals surface area contributed by atoms with Crippen LogP contribution in [0.1, 0.15) is 34.0 Å². The van der Waals surface area contributed by atoms with E-state index in [0.29, 0.717) is 27.5 Å². The summed E-state index contributed by atoms with van der Waals surface area (Å²) >= 11 is 2.62. The monoisotopic (exact) mass is 477 g/mol. The second-order valence-corrected chi connectivity index (χ2v) is 9.53. The summed E-state index contributed by atoms with van der Waals surface area (Å²) in [7, 11) is 0. The van der Waals surface area contributed by atoms with Gasteiger partial charge in [-0.25, -0.2) is 4.98 Å². The normalized spacial score (nSPS) is 11.0. The maximum absolute atomic E-state index is 13.5. The molecule has 8 heteroatoms. The number of nitrogens with one attached hydrogen (secondary N) is 1. The van der Waals surface area contributed by atoms with Crippen molar-refractivity contribution in [2.45, 2.75) is 32.0 Å². The number of thioether (sulfide) groups is 1. The van der Waals surface area contributed by atoms with E-state index in [0.717, 1.165) is 22.5 Å². The highest BCUT2D eigenvalue weighted by Gasteiger charge is 2.17. The highest BCUT2D eigenvalue weighted by atomic mass is 32.2. The van der Waals surface area contributed by atoms with E-state index >= 15 is 0 Å². The summed E-state index contributed by atoms with van der Waals surface area (Å²) in [6.45, 7) is 3.91. The van der Waals surface area contributed by atoms with Crippen LogP contribution < -0.4 is 10.9 Å². The highest BCUT2D eigenvalue weighted by molar-refractivity contribution is 7.99. The van der Waals surface area contributed by atoms with Crippen molar-refractivity contribution in [3.63, 3.8) is 0 Å². The lowest BCUT2D eigenvalue weighted by atomic mass is 10.1. The molecule has 0 radical (unpaired) electrons. The molecule has 2 heterocycles. The number of hydrogen-bond donors (Lipinski definition) is 1. The third kappa shape index (κ3) is 5.07. The SMILES string of the molecule is CCc1ccccc1-n1c(SCC(=O)c2ccc(CNC(C)=O)s2)nc2ccccc2c1=O. The van der Waals surface area contributed by atoms with Crippen LogP contribution >= 0.6 is 23.1 Å². The van der Waals surface area contributed by atoms with Crippen molar-refractivity contribution in [1.29, 1.82) is 0 Å². The van der Waals surface area contributed by atoms with Crippen LogP contribution in [0, 0.1) is 0 Å². The number of aromatic nitrogens is 2. The molecule has 2 aromatic carbocycles. The van der Waals surface area contributed by atoms with Gasteiger partial charge in [-0.1, -0.05) is 49.0 Å². The number of para-hydroxylation sites is 2. The number of benzene rings is 2. The Morgan fingerprint density at radius 2 is 1.82 bits per heavy atom. The van der Waals surface area contributed by atoms with Crippen molar-refractivity contribution >= 4 is 45.7 Å². The Hall–Kier alpha value is -3.23. The van der Waals surface area contributed by atoms with Crippen molar-refractivity contribution in [2.24, 2.45) is 0 Å². The first-order valence-electron chi connectivity index (χ1n) is 10.6. The van der Waals surface area contributed by atoms with Crippen LogP contribution in [-0.4, -0.2) is 27.0 Å². The fourth-order valence-electron chi connectivity index (χ4n) is 3.49. The number of aryl methyl sites for hydroxylation is 1. The van der Waals surface area contributed by atoms with E-state index in [2.05, 4.69) is 5.32 Å². The number of amides is 1. The lowest BCUT2D eigenvalue weighted by molar-refractivity contribution is -0.119. The van der Waals surface area contributed by atoms with Gasteiger partial charge in [0, 0.05) is 11.8 Å². The minimum atomic E-state index is -0.148. The Balaban J connectivity index is 1.67. The molecule has 0 bridgehead atoms. The smallest absolute Gasteiger partial charge is 0.266 e. The second-order valence-electron chi connectivity index (χ2n) is 7.42. The first-order chi connectivity index (χ1) is 16.0. The van der Waals surface area contributed by atoms with E-state index in [1.54, 1.807) is 16.7 Å². The molecule has 0 spiro atoms. The van der Waals surface area contributed by atoms with E-state index in [-0.39, 0.29) is 23.0 Å². The van der Waals surface area contributed by atoms with E-state index in [1.165, 1.54) is 30.0 Å². The van der Waals surface area contributed by atoms with Gasteiger partial charge in [-0.15, -0.1) is 11.3 Å². The quantitative estimate of drug-likeness (QED) is 0.228. The molecular formula is C25H23N3O3S2. The van der Waals surface area contributed by atoms with Crippen LogP contribution in [0.4, 0.5) is 0 Å². The van der Waals surface area contributed by atoms with Crippen molar-refractivity contribution < 1.29 is 9.59 Å². The van der Waals surface area contributed by atoms with Gasteiger partial charge >= 0.3 is 0 Å². The summed E-state index contributed by atoms with van der Waals surface area (Å²) < 4.78 is 1.62. The Labute approximate surface area is 199 Å². The van der Waals surface area contributed by atoms with Gasteiger partial charge in [0.2, 0.25) is 5.91 Å². The predicted octanol–water partition coefficient (Wildman–Crippen LogP) is 4.62. The molecule has 0 unspecified atom stereocenters. The third-order valence-electron chi connectivity index (χ3n) is 5.14. The van der Waals surface area contributed by atoms with Crippen LogP contribution in [0.25, 0.3) is 16.6 Å². The van der Waals surface area contributed by atoms with Gasteiger partial charge in [0.1, 0.15) is 0 Å². The molecule has 4 rings (SSSR count). The van der Waals surface area contributed by atoms with Crippen LogP contribution in [0.15, 0.2) is 70.6 Å². The molecule has 1 amide bonds. The summed E-state index contributed by atoms with van der Waals surface area (Å²) in [4.78, 5) is 43.7. The zero-order valence-electron chi connectivity index (χ0n) is 18.3. The van der Waals surface area contributed by atoms with Crippen LogP contribution in [0.5, 0.6) is 0 Å². The third-order valence-corrected chi connectivity index (χ3v) is 7.20. The fourth-order valence-corrected chi connectivity index (χ4v) is 5.35. The van der Waals surface area contributed by atoms with Gasteiger partial charge < -0.3 is 5.32 Å². The van der Waals surface area contributed by atoms with Gasteiger partial charge in [-0.3, -0.25) is 19.0 Å². The maximum atomic E-state index is 13.5. The first-order valence-corrected chi connectivity index (χ1v) is 12.4. The second kappa shape index (κ2) is 10.1. The Bertz CT molecular complexity index is 1390. The molecule has 0 fully saturated rings. The largest absolute Gasteiger partial charge is 0.351 e. The van der Waals surface area contributed by atoms with Crippen LogP contribution in [-0.2, 0) is 17.8 Å². The fraction of sp³-hybridized carbons (Fsp3) is 0.200. The number of carbonyl (C=O) groups is 2. The zero-order chi connectivity index (χ0) is 23.4. The summed E-state index contributed by atoms with van der Waals surface area (Å²) in [5, 5.41) is 3.77. The number of rotatable bonds is 8. The van der Waals surface area contributed by atoms with E-state index < -0.39 is 0 Å². The molecule has 0 atom stereocenters. The maximum Gasteiger partial charge on any atom is 0.266 e. The first kappa shape index (κ1) is 22.9. The van der Waals surface area contributed by atoms with Gasteiger partial charge in [0.05, 0.1) is 33.8 Å². The minimum absolute atomic E-state index is 0.0446. The number of ketones is 1. The van der Waals surface area contributed by atoms with Crippen molar-refractivity contribution in [1.82, 2.24) is 14.9 Å². The molecule has 0 saturated heterocycles. The Kier molecular flexibility index (Phi) is 7.05. The van der Waals surface area contributed by atoms with E-state index in [9.17, 15) is 14.4 Å². The van der Waals surface area contributed by atoms with E-state index in [4.69, 9.17) is 4.98 Å². The Morgan fingerprint density at radius 1 is 1.06 bits per heavy atom. The minimum Gasteiger partial charge on any atom is -0.351 e. The Morgan fingerprint density at radius 3 is 2.61 bits per heavy atom. The number of carbonyl (C=O) groups excluding carboxylic acids is 2. The summed E-state index contributed by atoms with van der Waals surface area (Å²) in [5.74, 6) is -0.00421.